The van der Waals surface area contributed by atoms with Crippen LogP contribution in [0.25, 0.3) is 12.2 Å². The van der Waals surface area contributed by atoms with Crippen LogP contribution in [0.4, 0.5) is 40.3 Å². The lowest BCUT2D eigenvalue weighted by Gasteiger charge is -2.26. The van der Waals surface area contributed by atoms with Crippen LogP contribution < -0.4 is 40.5 Å². The maximum absolute atomic E-state index is 13.2. The molecule has 0 saturated heterocycles. The molecule has 0 radical (unpaired) electrons. The van der Waals surface area contributed by atoms with Crippen molar-refractivity contribution >= 4 is 88.6 Å². The number of hydrogen-bond acceptors (Lipinski definition) is 10. The van der Waals surface area contributed by atoms with Crippen LogP contribution in [0.1, 0.15) is 90.3 Å². The van der Waals surface area contributed by atoms with Crippen LogP contribution in [0.5, 0.6) is 28.7 Å². The Labute approximate surface area is 476 Å². The van der Waals surface area contributed by atoms with E-state index in [0.717, 1.165) is 122 Å². The van der Waals surface area contributed by atoms with E-state index >= 15 is 0 Å². The number of alkyl halides is 4. The van der Waals surface area contributed by atoms with E-state index in [1.165, 1.54) is 23.3 Å². The number of non-ortho nitro benzene ring substituents is 1. The summed E-state index contributed by atoms with van der Waals surface area (Å²) in [5, 5.41) is 13.3. The summed E-state index contributed by atoms with van der Waals surface area (Å²) in [6, 6.07) is 20.6. The lowest BCUT2D eigenvalue weighted by molar-refractivity contribution is -0.385. The molecule has 0 spiro atoms. The number of carbonyl (C=O) groups excluding carboxylic acids is 1. The fourth-order valence-electron chi connectivity index (χ4n) is 10.0. The Kier molecular flexibility index (Phi) is 19.6. The maximum atomic E-state index is 13.2. The van der Waals surface area contributed by atoms with Gasteiger partial charge in [-0.1, -0.05) is 43.0 Å². The van der Waals surface area contributed by atoms with E-state index in [0.29, 0.717) is 55.7 Å². The third-order valence-electron chi connectivity index (χ3n) is 14.1. The van der Waals surface area contributed by atoms with E-state index in [2.05, 4.69) is 65.8 Å². The molecule has 5 aromatic carbocycles. The molecule has 0 atom stereocenters. The third kappa shape index (κ3) is 15.6. The van der Waals surface area contributed by atoms with Gasteiger partial charge in [0.2, 0.25) is 17.8 Å². The molecule has 0 aromatic heterocycles. The molecule has 2 aliphatic carbocycles. The van der Waals surface area contributed by atoms with Gasteiger partial charge in [-0.3, -0.25) is 14.9 Å². The molecule has 12 rings (SSSR count). The highest BCUT2D eigenvalue weighted by Gasteiger charge is 2.35. The number of fused-ring (bicyclic) bond motifs is 5. The molecule has 5 heterocycles. The average molecular weight is 1270 g/mol. The summed E-state index contributed by atoms with van der Waals surface area (Å²) in [7, 11) is 0. The smallest absolute Gasteiger partial charge is 0.271 e. The molecule has 2 saturated carbocycles. The van der Waals surface area contributed by atoms with Gasteiger partial charge in [0, 0.05) is 120 Å². The number of allylic oxidation sites excluding steroid dienone is 2. The van der Waals surface area contributed by atoms with Crippen LogP contribution in [0.2, 0.25) is 0 Å². The number of amides is 1. The van der Waals surface area contributed by atoms with E-state index in [4.69, 9.17) is 35.2 Å². The molecule has 5 N–H and O–H groups in total. The lowest BCUT2D eigenvalue weighted by atomic mass is 9.86. The normalized spacial score (nSPS) is 17.8. The van der Waals surface area contributed by atoms with Crippen molar-refractivity contribution in [1.82, 2.24) is 0 Å². The molecule has 0 bridgehead atoms. The number of carbonyl (C=O) groups is 1. The Morgan fingerprint density at radius 3 is 1.51 bits per heavy atom. The van der Waals surface area contributed by atoms with Gasteiger partial charge in [-0.2, -0.15) is 0 Å². The van der Waals surface area contributed by atoms with Gasteiger partial charge < -0.3 is 40.5 Å². The zero-order valence-electron chi connectivity index (χ0n) is 42.8. The average Bonchev–Trinajstić information content (AvgIpc) is 4.28. The fourth-order valence-corrected chi connectivity index (χ4v) is 11.8. The molecule has 5 aliphatic heterocycles. The topological polar surface area (TPSA) is 170 Å². The fraction of sp³-hybridized carbons (Fsp3) is 0.373. The van der Waals surface area contributed by atoms with Crippen LogP contribution >= 0.6 is 47.8 Å². The van der Waals surface area contributed by atoms with Crippen molar-refractivity contribution in [3.05, 3.63) is 154 Å². The van der Waals surface area contributed by atoms with Crippen LogP contribution in [-0.2, 0) is 36.9 Å². The number of nitro benzene ring substituents is 1. The standard InChI is InChI=1S/C19H21F2NO2.C16H19F2NO.C8H6BrNO3.C8H8BrNO.C8H7BrO/c1-2-17(23)22-16-11-14(18-15(12-16)7-10-24-18)4-3-13-5-8-19(20,21)9-6-13;17-16(18)6-3-11(4-7-16)1-2-12-9-14(19)10-13-5-8-20-15(12)13;9-7-4-6(10(11)12)3-5-1-2-13-8(5)7;9-7-4-6(10)3-5-1-2-11-8(5)7;9-7-3-1-2-6-4-5-10-8(6)7/h2-4,11-13H,1,5-10H2,(H,22,23);1-2,9-11H,3-8,19H2;3-4H,1-2H2;3-4H,1-2,10H2;1-3H,4-5H2/b4-3+;2-1+;;;. The Bertz CT molecular complexity index is 3060. The first kappa shape index (κ1) is 58.1. The lowest BCUT2D eigenvalue weighted by Crippen LogP contribution is -2.23. The zero-order valence-corrected chi connectivity index (χ0v) is 47.6. The second-order valence-electron chi connectivity index (χ2n) is 19.8. The van der Waals surface area contributed by atoms with E-state index in [9.17, 15) is 32.5 Å². The van der Waals surface area contributed by atoms with E-state index in [1.807, 2.05) is 72.8 Å². The van der Waals surface area contributed by atoms with Gasteiger partial charge in [0.25, 0.3) is 5.69 Å². The number of nitro groups is 1. The minimum absolute atomic E-state index is 0.00641. The highest BCUT2D eigenvalue weighted by molar-refractivity contribution is 9.11. The molecule has 5 aromatic rings. The van der Waals surface area contributed by atoms with Crippen LogP contribution in [0, 0.1) is 22.0 Å². The van der Waals surface area contributed by atoms with Crippen molar-refractivity contribution < 1.29 is 51.0 Å². The summed E-state index contributed by atoms with van der Waals surface area (Å²) in [5.74, 6) is -0.400. The van der Waals surface area contributed by atoms with Crippen LogP contribution in [0.3, 0.4) is 0 Å². The first-order chi connectivity index (χ1) is 37.3. The molecule has 1 amide bonds. The van der Waals surface area contributed by atoms with Crippen molar-refractivity contribution in [3.8, 4) is 28.7 Å². The predicted molar refractivity (Wildman–Crippen MR) is 307 cm³/mol. The Hall–Kier alpha value is -6.05. The summed E-state index contributed by atoms with van der Waals surface area (Å²) in [5.41, 5.74) is 21.3. The molecular weight excluding hydrogens is 1210 g/mol. The molecule has 7 aliphatic rings. The van der Waals surface area contributed by atoms with Gasteiger partial charge in [0.1, 0.15) is 28.7 Å². The summed E-state index contributed by atoms with van der Waals surface area (Å²) >= 11 is 10.1. The number of nitrogens with two attached hydrogens (primary N) is 2. The number of benzene rings is 5. The maximum Gasteiger partial charge on any atom is 0.271 e. The molecule has 19 heteroatoms. The largest absolute Gasteiger partial charge is 0.492 e. The third-order valence-corrected chi connectivity index (χ3v) is 15.9. The Morgan fingerprint density at radius 2 is 1.01 bits per heavy atom. The molecule has 12 nitrogen and oxygen atoms in total. The number of rotatable bonds is 7. The van der Waals surface area contributed by atoms with Crippen LogP contribution in [-0.4, -0.2) is 55.7 Å². The monoisotopic (exact) mass is 1270 g/mol. The number of ether oxygens (including phenoxy) is 5. The first-order valence-corrected chi connectivity index (χ1v) is 28.3. The van der Waals surface area contributed by atoms with Crippen molar-refractivity contribution in [2.75, 3.05) is 49.8 Å². The highest BCUT2D eigenvalue weighted by Crippen LogP contribution is 2.42. The van der Waals surface area contributed by atoms with E-state index in [-0.39, 0.29) is 49.1 Å². The molecule has 414 valence electrons. The van der Waals surface area contributed by atoms with Gasteiger partial charge >= 0.3 is 0 Å². The molecule has 78 heavy (non-hydrogen) atoms. The number of hydrogen-bond donors (Lipinski definition) is 3. The number of nitrogens with zero attached hydrogens (tertiary/aromatic N) is 1. The number of nitrogen functional groups attached to an aromatic ring is 2. The minimum atomic E-state index is -2.51. The summed E-state index contributed by atoms with van der Waals surface area (Å²) < 4.78 is 82.8. The summed E-state index contributed by atoms with van der Waals surface area (Å²) in [6.45, 7) is 6.97. The number of para-hydroxylation sites is 1. The Balaban J connectivity index is 0.000000134. The number of nitrogens with one attached hydrogen (secondary N) is 1. The van der Waals surface area contributed by atoms with Gasteiger partial charge in [0.15, 0.2) is 0 Å². The highest BCUT2D eigenvalue weighted by atomic mass is 79.9. The van der Waals surface area contributed by atoms with E-state index in [1.54, 1.807) is 6.07 Å². The molecular formula is C59H61Br3F4N4O8. The SMILES string of the molecule is Brc1cccc2c1OCC2.C=CC(=O)Nc1cc(/C=C/C2CCC(F)(F)CC2)c2c(c1)CCO2.Nc1cc(/C=C/C2CCC(F)(F)CC2)c2c(c1)CCO2.Nc1cc(Br)c2c(c1)CCO2.O=[N+]([O-])c1cc(Br)c2c(c1)CCO2. The van der Waals surface area contributed by atoms with Crippen molar-refractivity contribution in [1.29, 1.82) is 0 Å². The number of anilines is 3. The van der Waals surface area contributed by atoms with Crippen molar-refractivity contribution in [3.63, 3.8) is 0 Å². The minimum Gasteiger partial charge on any atom is -0.492 e. The van der Waals surface area contributed by atoms with Crippen molar-refractivity contribution in [2.45, 2.75) is 95.3 Å². The van der Waals surface area contributed by atoms with Gasteiger partial charge in [0.05, 0.1) is 51.4 Å². The predicted octanol–water partition coefficient (Wildman–Crippen LogP) is 15.3. The van der Waals surface area contributed by atoms with Crippen LogP contribution in [0.15, 0.2) is 105 Å². The second kappa shape index (κ2) is 26.3. The van der Waals surface area contributed by atoms with Crippen molar-refractivity contribution in [2.24, 2.45) is 11.8 Å². The van der Waals surface area contributed by atoms with Gasteiger partial charge in [-0.05, 0) is 139 Å². The Morgan fingerprint density at radius 1 is 0.590 bits per heavy atom. The molecule has 0 unspecified atom stereocenters. The zero-order chi connectivity index (χ0) is 55.6. The first-order valence-electron chi connectivity index (χ1n) is 25.9. The number of halogens is 7. The van der Waals surface area contributed by atoms with Gasteiger partial charge in [-0.25, -0.2) is 17.6 Å². The second-order valence-corrected chi connectivity index (χ2v) is 22.4. The van der Waals surface area contributed by atoms with Gasteiger partial charge in [-0.15, -0.1) is 0 Å². The van der Waals surface area contributed by atoms with E-state index < -0.39 is 16.8 Å². The quantitative estimate of drug-likeness (QED) is 0.0468. The molecule has 2 fully saturated rings. The summed E-state index contributed by atoms with van der Waals surface area (Å²) in [4.78, 5) is 21.6. The summed E-state index contributed by atoms with van der Waals surface area (Å²) in [6.07, 6.45) is 15.6.